The van der Waals surface area contributed by atoms with Crippen molar-refractivity contribution >= 4 is 12.0 Å². The standard InChI is InChI=1S/C17H14N2O2/c18-11-15(10-14-8-4-5-9-16(14)20)17(21)19-12-13-6-2-1-3-7-13/h1-10,20H,12H2,(H,19,21)/b15-10-. The minimum Gasteiger partial charge on any atom is -0.507 e. The SMILES string of the molecule is N#C/C(=C/c1ccccc1O)C(=O)NCc1ccccc1. The quantitative estimate of drug-likeness (QED) is 0.667. The number of aromatic hydroxyl groups is 1. The van der Waals surface area contributed by atoms with Crippen molar-refractivity contribution in [1.29, 1.82) is 5.26 Å². The van der Waals surface area contributed by atoms with Gasteiger partial charge in [0.1, 0.15) is 17.4 Å². The maximum absolute atomic E-state index is 12.0. The fourth-order valence-electron chi connectivity index (χ4n) is 1.79. The number of phenolic OH excluding ortho intramolecular Hbond substituents is 1. The molecule has 0 aliphatic carbocycles. The van der Waals surface area contributed by atoms with Crippen molar-refractivity contribution in [3.05, 3.63) is 71.3 Å². The first kappa shape index (κ1) is 14.4. The summed E-state index contributed by atoms with van der Waals surface area (Å²) in [5.41, 5.74) is 1.34. The highest BCUT2D eigenvalue weighted by Crippen LogP contribution is 2.18. The minimum atomic E-state index is -0.468. The second-order valence-corrected chi connectivity index (χ2v) is 4.40. The van der Waals surface area contributed by atoms with Gasteiger partial charge in [-0.15, -0.1) is 0 Å². The molecule has 4 nitrogen and oxygen atoms in total. The zero-order valence-corrected chi connectivity index (χ0v) is 11.3. The van der Waals surface area contributed by atoms with Gasteiger partial charge in [0.25, 0.3) is 5.91 Å². The zero-order chi connectivity index (χ0) is 15.1. The highest BCUT2D eigenvalue weighted by molar-refractivity contribution is 6.01. The second kappa shape index (κ2) is 6.92. The Morgan fingerprint density at radius 1 is 1.14 bits per heavy atom. The lowest BCUT2D eigenvalue weighted by Gasteiger charge is -2.05. The number of nitrogens with one attached hydrogen (secondary N) is 1. The molecular weight excluding hydrogens is 264 g/mol. The number of carbonyl (C=O) groups excluding carboxylic acids is 1. The predicted molar refractivity (Wildman–Crippen MR) is 80.0 cm³/mol. The molecule has 0 saturated heterocycles. The summed E-state index contributed by atoms with van der Waals surface area (Å²) in [5, 5.41) is 21.4. The number of nitriles is 1. The zero-order valence-electron chi connectivity index (χ0n) is 11.3. The van der Waals surface area contributed by atoms with Gasteiger partial charge in [0.2, 0.25) is 0 Å². The van der Waals surface area contributed by atoms with Crippen LogP contribution in [0, 0.1) is 11.3 Å². The lowest BCUT2D eigenvalue weighted by atomic mass is 10.1. The maximum Gasteiger partial charge on any atom is 0.262 e. The smallest absolute Gasteiger partial charge is 0.262 e. The molecule has 0 bridgehead atoms. The van der Waals surface area contributed by atoms with Crippen molar-refractivity contribution in [3.8, 4) is 11.8 Å². The van der Waals surface area contributed by atoms with Crippen LogP contribution in [0.2, 0.25) is 0 Å². The number of para-hydroxylation sites is 1. The van der Waals surface area contributed by atoms with Gasteiger partial charge in [0.05, 0.1) is 0 Å². The summed E-state index contributed by atoms with van der Waals surface area (Å²) in [4.78, 5) is 12.0. The predicted octanol–water partition coefficient (Wildman–Crippen LogP) is 2.62. The van der Waals surface area contributed by atoms with Crippen molar-refractivity contribution < 1.29 is 9.90 Å². The average Bonchev–Trinajstić information content (AvgIpc) is 2.53. The number of phenols is 1. The average molecular weight is 278 g/mol. The van der Waals surface area contributed by atoms with Gasteiger partial charge in [-0.2, -0.15) is 5.26 Å². The van der Waals surface area contributed by atoms with Gasteiger partial charge < -0.3 is 10.4 Å². The minimum absolute atomic E-state index is 0.0288. The van der Waals surface area contributed by atoms with E-state index in [2.05, 4.69) is 5.32 Å². The van der Waals surface area contributed by atoms with E-state index in [4.69, 9.17) is 5.26 Å². The molecule has 4 heteroatoms. The Morgan fingerprint density at radius 3 is 2.48 bits per heavy atom. The number of hydrogen-bond donors (Lipinski definition) is 2. The Hall–Kier alpha value is -3.06. The summed E-state index contributed by atoms with van der Waals surface area (Å²) < 4.78 is 0. The van der Waals surface area contributed by atoms with Crippen molar-refractivity contribution in [1.82, 2.24) is 5.32 Å². The van der Waals surface area contributed by atoms with Gasteiger partial charge >= 0.3 is 0 Å². The van der Waals surface area contributed by atoms with Crippen LogP contribution in [-0.4, -0.2) is 11.0 Å². The number of hydrogen-bond acceptors (Lipinski definition) is 3. The first-order chi connectivity index (χ1) is 10.2. The Balaban J connectivity index is 2.09. The number of carbonyl (C=O) groups is 1. The number of rotatable bonds is 4. The van der Waals surface area contributed by atoms with E-state index < -0.39 is 5.91 Å². The first-order valence-corrected chi connectivity index (χ1v) is 6.42. The molecule has 0 saturated carbocycles. The third kappa shape index (κ3) is 3.95. The molecule has 1 amide bonds. The monoisotopic (exact) mass is 278 g/mol. The Bertz CT molecular complexity index is 700. The number of amides is 1. The van der Waals surface area contributed by atoms with Gasteiger partial charge in [-0.05, 0) is 17.7 Å². The van der Waals surface area contributed by atoms with Crippen LogP contribution in [0.5, 0.6) is 5.75 Å². The topological polar surface area (TPSA) is 73.1 Å². The van der Waals surface area contributed by atoms with Crippen LogP contribution in [0.4, 0.5) is 0 Å². The highest BCUT2D eigenvalue weighted by atomic mass is 16.3. The largest absolute Gasteiger partial charge is 0.507 e. The Morgan fingerprint density at radius 2 is 1.81 bits per heavy atom. The van der Waals surface area contributed by atoms with Crippen molar-refractivity contribution in [2.75, 3.05) is 0 Å². The van der Waals surface area contributed by atoms with Gasteiger partial charge in [-0.25, -0.2) is 0 Å². The Kier molecular flexibility index (Phi) is 4.73. The summed E-state index contributed by atoms with van der Waals surface area (Å²) >= 11 is 0. The molecule has 0 unspecified atom stereocenters. The number of nitrogens with zero attached hydrogens (tertiary/aromatic N) is 1. The fraction of sp³-hybridized carbons (Fsp3) is 0.0588. The third-order valence-corrected chi connectivity index (χ3v) is 2.90. The molecule has 0 heterocycles. The molecule has 0 fully saturated rings. The van der Waals surface area contributed by atoms with Crippen LogP contribution in [0.3, 0.4) is 0 Å². The molecule has 0 aliphatic heterocycles. The van der Waals surface area contributed by atoms with E-state index in [1.807, 2.05) is 36.4 Å². The van der Waals surface area contributed by atoms with Crippen LogP contribution in [-0.2, 0) is 11.3 Å². The number of benzene rings is 2. The van der Waals surface area contributed by atoms with E-state index in [1.54, 1.807) is 18.2 Å². The third-order valence-electron chi connectivity index (χ3n) is 2.90. The van der Waals surface area contributed by atoms with Crippen LogP contribution in [0.1, 0.15) is 11.1 Å². The van der Waals surface area contributed by atoms with Gasteiger partial charge in [-0.3, -0.25) is 4.79 Å². The maximum atomic E-state index is 12.0. The van der Waals surface area contributed by atoms with E-state index in [0.29, 0.717) is 12.1 Å². The summed E-state index contributed by atoms with van der Waals surface area (Å²) in [5.74, 6) is -0.439. The molecule has 0 radical (unpaired) electrons. The summed E-state index contributed by atoms with van der Waals surface area (Å²) in [7, 11) is 0. The van der Waals surface area contributed by atoms with E-state index in [0.717, 1.165) is 5.56 Å². The molecule has 2 rings (SSSR count). The lowest BCUT2D eigenvalue weighted by Crippen LogP contribution is -2.23. The van der Waals surface area contributed by atoms with Crippen molar-refractivity contribution in [2.45, 2.75) is 6.54 Å². The van der Waals surface area contributed by atoms with E-state index in [9.17, 15) is 9.90 Å². The molecule has 2 aromatic rings. The van der Waals surface area contributed by atoms with Crippen LogP contribution in [0.25, 0.3) is 6.08 Å². The van der Waals surface area contributed by atoms with E-state index >= 15 is 0 Å². The molecule has 21 heavy (non-hydrogen) atoms. The summed E-state index contributed by atoms with van der Waals surface area (Å²) in [6.07, 6.45) is 1.37. The normalized spacial score (nSPS) is 10.7. The second-order valence-electron chi connectivity index (χ2n) is 4.40. The molecule has 0 atom stereocenters. The molecule has 0 spiro atoms. The van der Waals surface area contributed by atoms with Crippen LogP contribution in [0.15, 0.2) is 60.2 Å². The molecule has 0 aliphatic rings. The first-order valence-electron chi connectivity index (χ1n) is 6.42. The Labute approximate surface area is 123 Å². The summed E-state index contributed by atoms with van der Waals surface area (Å²) in [6.45, 7) is 0.347. The van der Waals surface area contributed by atoms with E-state index in [-0.39, 0.29) is 11.3 Å². The van der Waals surface area contributed by atoms with Gasteiger partial charge in [0.15, 0.2) is 0 Å². The lowest BCUT2D eigenvalue weighted by molar-refractivity contribution is -0.117. The summed E-state index contributed by atoms with van der Waals surface area (Å²) in [6, 6.07) is 17.8. The van der Waals surface area contributed by atoms with Crippen LogP contribution >= 0.6 is 0 Å². The van der Waals surface area contributed by atoms with Gasteiger partial charge in [0, 0.05) is 12.1 Å². The molecular formula is C17H14N2O2. The van der Waals surface area contributed by atoms with Crippen LogP contribution < -0.4 is 5.32 Å². The molecule has 0 aromatic heterocycles. The van der Waals surface area contributed by atoms with Crippen molar-refractivity contribution in [3.63, 3.8) is 0 Å². The molecule has 104 valence electrons. The van der Waals surface area contributed by atoms with E-state index in [1.165, 1.54) is 12.1 Å². The van der Waals surface area contributed by atoms with Crippen molar-refractivity contribution in [2.24, 2.45) is 0 Å². The highest BCUT2D eigenvalue weighted by Gasteiger charge is 2.09. The fourth-order valence-corrected chi connectivity index (χ4v) is 1.79. The molecule has 2 aromatic carbocycles. The molecule has 2 N–H and O–H groups in total. The van der Waals surface area contributed by atoms with Gasteiger partial charge in [-0.1, -0.05) is 48.5 Å².